The maximum Gasteiger partial charge on any atom is 0.223 e. The fourth-order valence-corrected chi connectivity index (χ4v) is 1.27. The van der Waals surface area contributed by atoms with Crippen molar-refractivity contribution in [3.8, 4) is 6.07 Å². The molecule has 0 aliphatic carbocycles. The standard InChI is InChI=1S/C10H10N6O/c1-6-15-9(16-17-6)5-14-10-8(12)2-7(3-11)4-13-10/h2,4H,5,12H2,1H3,(H,13,14). The molecule has 2 rings (SSSR count). The highest BCUT2D eigenvalue weighted by molar-refractivity contribution is 5.62. The van der Waals surface area contributed by atoms with Gasteiger partial charge in [0, 0.05) is 13.1 Å². The first kappa shape index (κ1) is 10.9. The molecule has 0 atom stereocenters. The number of nitrogens with one attached hydrogen (secondary N) is 1. The lowest BCUT2D eigenvalue weighted by Gasteiger charge is -2.05. The van der Waals surface area contributed by atoms with E-state index in [0.717, 1.165) is 0 Å². The van der Waals surface area contributed by atoms with Crippen LogP contribution in [0.15, 0.2) is 16.8 Å². The maximum atomic E-state index is 8.67. The van der Waals surface area contributed by atoms with Crippen LogP contribution in [0.4, 0.5) is 11.5 Å². The maximum absolute atomic E-state index is 8.67. The van der Waals surface area contributed by atoms with Gasteiger partial charge in [-0.05, 0) is 6.07 Å². The Morgan fingerprint density at radius 2 is 2.41 bits per heavy atom. The van der Waals surface area contributed by atoms with Gasteiger partial charge in [0.1, 0.15) is 11.9 Å². The van der Waals surface area contributed by atoms with Gasteiger partial charge in [0.05, 0.1) is 17.8 Å². The number of nitriles is 1. The van der Waals surface area contributed by atoms with Gasteiger partial charge >= 0.3 is 0 Å². The number of aromatic nitrogens is 3. The topological polar surface area (TPSA) is 114 Å². The fraction of sp³-hybridized carbons (Fsp3) is 0.200. The second kappa shape index (κ2) is 4.49. The summed E-state index contributed by atoms with van der Waals surface area (Å²) >= 11 is 0. The van der Waals surface area contributed by atoms with Crippen molar-refractivity contribution in [1.29, 1.82) is 5.26 Å². The molecule has 0 saturated carbocycles. The minimum absolute atomic E-state index is 0.362. The van der Waals surface area contributed by atoms with Crippen LogP contribution in [0.5, 0.6) is 0 Å². The molecule has 2 aromatic heterocycles. The molecule has 0 spiro atoms. The SMILES string of the molecule is Cc1nc(CNc2ncc(C#N)cc2N)no1. The monoisotopic (exact) mass is 230 g/mol. The lowest BCUT2D eigenvalue weighted by Crippen LogP contribution is -2.06. The summed E-state index contributed by atoms with van der Waals surface area (Å²) in [4.78, 5) is 8.05. The molecule has 0 fully saturated rings. The summed E-state index contributed by atoms with van der Waals surface area (Å²) in [5, 5.41) is 15.4. The average Bonchev–Trinajstić information content (AvgIpc) is 2.73. The highest BCUT2D eigenvalue weighted by atomic mass is 16.5. The molecule has 0 bridgehead atoms. The Bertz CT molecular complexity index is 570. The zero-order chi connectivity index (χ0) is 12.3. The molecule has 3 N–H and O–H groups in total. The number of hydrogen-bond acceptors (Lipinski definition) is 7. The molecule has 0 radical (unpaired) electrons. The molecule has 7 nitrogen and oxygen atoms in total. The molecule has 86 valence electrons. The second-order valence-electron chi connectivity index (χ2n) is 3.36. The van der Waals surface area contributed by atoms with Crippen molar-refractivity contribution < 1.29 is 4.52 Å². The molecule has 0 aliphatic heterocycles. The predicted octanol–water partition coefficient (Wildman–Crippen LogP) is 0.839. The molecule has 2 heterocycles. The van der Waals surface area contributed by atoms with Crippen LogP contribution in [0.1, 0.15) is 17.3 Å². The molecule has 0 amide bonds. The minimum atomic E-state index is 0.362. The van der Waals surface area contributed by atoms with Crippen molar-refractivity contribution in [2.24, 2.45) is 0 Å². The van der Waals surface area contributed by atoms with Crippen molar-refractivity contribution >= 4 is 11.5 Å². The average molecular weight is 230 g/mol. The Kier molecular flexibility index (Phi) is 2.87. The minimum Gasteiger partial charge on any atom is -0.396 e. The number of nitrogen functional groups attached to an aromatic ring is 1. The van der Waals surface area contributed by atoms with Gasteiger partial charge in [-0.1, -0.05) is 5.16 Å². The van der Waals surface area contributed by atoms with Crippen LogP contribution in [0.3, 0.4) is 0 Å². The van der Waals surface area contributed by atoms with Crippen LogP contribution < -0.4 is 11.1 Å². The Morgan fingerprint density at radius 3 is 3.00 bits per heavy atom. The fourth-order valence-electron chi connectivity index (χ4n) is 1.27. The van der Waals surface area contributed by atoms with Crippen molar-refractivity contribution in [1.82, 2.24) is 15.1 Å². The third kappa shape index (κ3) is 2.49. The molecule has 0 aromatic carbocycles. The summed E-state index contributed by atoms with van der Waals surface area (Å²) in [6, 6.07) is 3.51. The summed E-state index contributed by atoms with van der Waals surface area (Å²) in [7, 11) is 0. The number of pyridine rings is 1. The van der Waals surface area contributed by atoms with Crippen molar-refractivity contribution in [3.63, 3.8) is 0 Å². The van der Waals surface area contributed by atoms with Crippen LogP contribution in [-0.2, 0) is 6.54 Å². The van der Waals surface area contributed by atoms with Crippen LogP contribution in [-0.4, -0.2) is 15.1 Å². The summed E-state index contributed by atoms with van der Waals surface area (Å²) in [5.74, 6) is 1.52. The van der Waals surface area contributed by atoms with Gasteiger partial charge in [0.25, 0.3) is 0 Å². The van der Waals surface area contributed by atoms with Crippen molar-refractivity contribution in [2.45, 2.75) is 13.5 Å². The first-order chi connectivity index (χ1) is 8.19. The molecule has 2 aromatic rings. The van der Waals surface area contributed by atoms with E-state index >= 15 is 0 Å². The first-order valence-electron chi connectivity index (χ1n) is 4.87. The number of rotatable bonds is 3. The van der Waals surface area contributed by atoms with E-state index in [1.165, 1.54) is 6.20 Å². The first-order valence-corrected chi connectivity index (χ1v) is 4.87. The molecule has 17 heavy (non-hydrogen) atoms. The van der Waals surface area contributed by atoms with E-state index in [2.05, 4.69) is 20.4 Å². The number of nitrogens with two attached hydrogens (primary N) is 1. The number of nitrogens with zero attached hydrogens (tertiary/aromatic N) is 4. The Labute approximate surface area is 97.3 Å². The van der Waals surface area contributed by atoms with E-state index in [1.807, 2.05) is 6.07 Å². The number of hydrogen-bond donors (Lipinski definition) is 2. The zero-order valence-corrected chi connectivity index (χ0v) is 9.14. The van der Waals surface area contributed by atoms with E-state index in [4.69, 9.17) is 15.5 Å². The van der Waals surface area contributed by atoms with Gasteiger partial charge < -0.3 is 15.6 Å². The Morgan fingerprint density at radius 1 is 1.59 bits per heavy atom. The van der Waals surface area contributed by atoms with Gasteiger partial charge in [0.2, 0.25) is 5.89 Å². The lowest BCUT2D eigenvalue weighted by molar-refractivity contribution is 0.388. The number of aryl methyl sites for hydroxylation is 1. The summed E-state index contributed by atoms with van der Waals surface area (Å²) in [5.41, 5.74) is 6.55. The Hall–Kier alpha value is -2.62. The smallest absolute Gasteiger partial charge is 0.223 e. The van der Waals surface area contributed by atoms with Crippen LogP contribution >= 0.6 is 0 Å². The molecule has 0 saturated heterocycles. The molecule has 7 heteroatoms. The van der Waals surface area contributed by atoms with E-state index in [9.17, 15) is 0 Å². The molecular weight excluding hydrogens is 220 g/mol. The van der Waals surface area contributed by atoms with E-state index in [-0.39, 0.29) is 0 Å². The quantitative estimate of drug-likeness (QED) is 0.802. The largest absolute Gasteiger partial charge is 0.396 e. The Balaban J connectivity index is 2.07. The number of anilines is 2. The lowest BCUT2D eigenvalue weighted by atomic mass is 10.3. The highest BCUT2D eigenvalue weighted by Gasteiger charge is 2.05. The van der Waals surface area contributed by atoms with Crippen molar-refractivity contribution in [2.75, 3.05) is 11.1 Å². The second-order valence-corrected chi connectivity index (χ2v) is 3.36. The van der Waals surface area contributed by atoms with Gasteiger partial charge in [0.15, 0.2) is 5.82 Å². The van der Waals surface area contributed by atoms with Crippen LogP contribution in [0.25, 0.3) is 0 Å². The van der Waals surface area contributed by atoms with Gasteiger partial charge in [-0.15, -0.1) is 0 Å². The summed E-state index contributed by atoms with van der Waals surface area (Å²) in [6.45, 7) is 2.07. The van der Waals surface area contributed by atoms with E-state index in [1.54, 1.807) is 13.0 Å². The van der Waals surface area contributed by atoms with Crippen molar-refractivity contribution in [3.05, 3.63) is 29.5 Å². The zero-order valence-electron chi connectivity index (χ0n) is 9.14. The van der Waals surface area contributed by atoms with E-state index < -0.39 is 0 Å². The van der Waals surface area contributed by atoms with Crippen LogP contribution in [0, 0.1) is 18.3 Å². The summed E-state index contributed by atoms with van der Waals surface area (Å²) in [6.07, 6.45) is 1.44. The highest BCUT2D eigenvalue weighted by Crippen LogP contribution is 2.16. The third-order valence-electron chi connectivity index (χ3n) is 2.03. The molecule has 0 unspecified atom stereocenters. The van der Waals surface area contributed by atoms with Gasteiger partial charge in [-0.3, -0.25) is 0 Å². The predicted molar refractivity (Wildman–Crippen MR) is 59.7 cm³/mol. The molecular formula is C10H10N6O. The van der Waals surface area contributed by atoms with Gasteiger partial charge in [-0.2, -0.15) is 10.2 Å². The van der Waals surface area contributed by atoms with Crippen LogP contribution in [0.2, 0.25) is 0 Å². The van der Waals surface area contributed by atoms with E-state index in [0.29, 0.717) is 35.3 Å². The summed E-state index contributed by atoms with van der Waals surface area (Å²) < 4.78 is 4.82. The third-order valence-corrected chi connectivity index (χ3v) is 2.03. The van der Waals surface area contributed by atoms with Gasteiger partial charge in [-0.25, -0.2) is 4.98 Å². The normalized spacial score (nSPS) is 9.88. The molecule has 0 aliphatic rings.